The summed E-state index contributed by atoms with van der Waals surface area (Å²) in [5.74, 6) is -0.496. The van der Waals surface area contributed by atoms with Gasteiger partial charge in [0.05, 0.1) is 5.88 Å². The lowest BCUT2D eigenvalue weighted by atomic mass is 10.0. The molecule has 0 aliphatic heterocycles. The van der Waals surface area contributed by atoms with E-state index in [1.807, 2.05) is 0 Å². The maximum atomic E-state index is 13.1. The Morgan fingerprint density at radius 3 is 2.23 bits per heavy atom. The second kappa shape index (κ2) is 3.88. The highest BCUT2D eigenvalue weighted by Crippen LogP contribution is 2.15. The number of carbonyl (C=O) groups excluding carboxylic acids is 1. The number of aryl methyl sites for hydroxylation is 2. The number of Topliss-reactive ketones (excluding diaryl/α,β-unsaturated/α-hetero) is 1. The van der Waals surface area contributed by atoms with Gasteiger partial charge in [-0.25, -0.2) is 4.39 Å². The fourth-order valence-corrected chi connectivity index (χ4v) is 1.34. The van der Waals surface area contributed by atoms with Crippen LogP contribution in [-0.2, 0) is 0 Å². The predicted molar refractivity (Wildman–Crippen MR) is 50.9 cm³/mol. The molecule has 70 valence electrons. The maximum absolute atomic E-state index is 13.1. The molecule has 1 nitrogen and oxygen atoms in total. The molecule has 3 heteroatoms. The van der Waals surface area contributed by atoms with Crippen LogP contribution in [0, 0.1) is 19.7 Å². The Labute approximate surface area is 81.5 Å². The fraction of sp³-hybridized carbons (Fsp3) is 0.300. The van der Waals surface area contributed by atoms with E-state index in [9.17, 15) is 9.18 Å². The first-order valence-corrected chi connectivity index (χ1v) is 4.45. The molecular weight excluding hydrogens is 191 g/mol. The van der Waals surface area contributed by atoms with Gasteiger partial charge in [-0.1, -0.05) is 0 Å². The van der Waals surface area contributed by atoms with Gasteiger partial charge in [-0.3, -0.25) is 4.79 Å². The summed E-state index contributed by atoms with van der Waals surface area (Å²) in [6, 6.07) is 3.04. The van der Waals surface area contributed by atoms with Crippen LogP contribution in [0.15, 0.2) is 12.1 Å². The van der Waals surface area contributed by atoms with Crippen molar-refractivity contribution in [1.82, 2.24) is 0 Å². The SMILES string of the molecule is Cc1cc(C(=O)CCl)cc(C)c1F. The highest BCUT2D eigenvalue weighted by atomic mass is 35.5. The largest absolute Gasteiger partial charge is 0.293 e. The third-order valence-corrected chi connectivity index (χ3v) is 2.12. The molecule has 0 amide bonds. The average molecular weight is 201 g/mol. The Morgan fingerprint density at radius 1 is 1.38 bits per heavy atom. The molecule has 0 fully saturated rings. The van der Waals surface area contributed by atoms with Crippen molar-refractivity contribution < 1.29 is 9.18 Å². The average Bonchev–Trinajstić information content (AvgIpc) is 2.12. The number of ketones is 1. The minimum atomic E-state index is -0.258. The van der Waals surface area contributed by atoms with Gasteiger partial charge >= 0.3 is 0 Å². The van der Waals surface area contributed by atoms with Crippen LogP contribution in [0.1, 0.15) is 21.5 Å². The summed E-state index contributed by atoms with van der Waals surface area (Å²) < 4.78 is 13.1. The maximum Gasteiger partial charge on any atom is 0.177 e. The topological polar surface area (TPSA) is 17.1 Å². The number of halogens is 2. The van der Waals surface area contributed by atoms with Gasteiger partial charge in [0.1, 0.15) is 5.82 Å². The van der Waals surface area contributed by atoms with Crippen molar-refractivity contribution in [3.63, 3.8) is 0 Å². The molecule has 0 saturated carbocycles. The van der Waals surface area contributed by atoms with Crippen molar-refractivity contribution >= 4 is 17.4 Å². The zero-order valence-corrected chi connectivity index (χ0v) is 8.28. The molecule has 0 N–H and O–H groups in total. The third-order valence-electron chi connectivity index (χ3n) is 1.88. The van der Waals surface area contributed by atoms with E-state index in [1.165, 1.54) is 12.1 Å². The highest BCUT2D eigenvalue weighted by molar-refractivity contribution is 6.30. The Balaban J connectivity index is 3.20. The van der Waals surface area contributed by atoms with E-state index in [1.54, 1.807) is 13.8 Å². The van der Waals surface area contributed by atoms with E-state index in [-0.39, 0.29) is 17.5 Å². The molecule has 0 spiro atoms. The molecule has 0 saturated heterocycles. The van der Waals surface area contributed by atoms with Gasteiger partial charge in [0.25, 0.3) is 0 Å². The summed E-state index contributed by atoms with van der Waals surface area (Å²) in [6.45, 7) is 3.26. The summed E-state index contributed by atoms with van der Waals surface area (Å²) in [7, 11) is 0. The van der Waals surface area contributed by atoms with Crippen LogP contribution in [0.4, 0.5) is 4.39 Å². The fourth-order valence-electron chi connectivity index (χ4n) is 1.18. The van der Waals surface area contributed by atoms with Gasteiger partial charge in [0.2, 0.25) is 0 Å². The molecule has 0 heterocycles. The van der Waals surface area contributed by atoms with Crippen LogP contribution in [0.25, 0.3) is 0 Å². The molecule has 0 aliphatic carbocycles. The second-order valence-corrected chi connectivity index (χ2v) is 3.25. The monoisotopic (exact) mass is 200 g/mol. The molecular formula is C10H10ClFO. The van der Waals surface area contributed by atoms with Crippen molar-refractivity contribution in [2.45, 2.75) is 13.8 Å². The minimum Gasteiger partial charge on any atom is -0.293 e. The lowest BCUT2D eigenvalue weighted by molar-refractivity contribution is 0.102. The summed E-state index contributed by atoms with van der Waals surface area (Å²) >= 11 is 5.39. The van der Waals surface area contributed by atoms with E-state index in [4.69, 9.17) is 11.6 Å². The molecule has 0 atom stereocenters. The molecule has 0 aromatic heterocycles. The van der Waals surface area contributed by atoms with E-state index in [0.29, 0.717) is 16.7 Å². The second-order valence-electron chi connectivity index (χ2n) is 2.98. The summed E-state index contributed by atoms with van der Waals surface area (Å²) in [5.41, 5.74) is 1.44. The first kappa shape index (κ1) is 10.2. The van der Waals surface area contributed by atoms with E-state index < -0.39 is 0 Å². The quantitative estimate of drug-likeness (QED) is 0.530. The Kier molecular flexibility index (Phi) is 3.04. The molecule has 13 heavy (non-hydrogen) atoms. The van der Waals surface area contributed by atoms with Crippen LogP contribution < -0.4 is 0 Å². The van der Waals surface area contributed by atoms with Crippen LogP contribution in [-0.4, -0.2) is 11.7 Å². The minimum absolute atomic E-state index is 0.0650. The van der Waals surface area contributed by atoms with Crippen molar-refractivity contribution in [2.75, 3.05) is 5.88 Å². The molecule has 0 aliphatic rings. The zero-order chi connectivity index (χ0) is 10.0. The number of hydrogen-bond donors (Lipinski definition) is 0. The summed E-state index contributed by atoms with van der Waals surface area (Å²) in [6.07, 6.45) is 0. The number of benzene rings is 1. The Morgan fingerprint density at radius 2 is 1.85 bits per heavy atom. The smallest absolute Gasteiger partial charge is 0.177 e. The van der Waals surface area contributed by atoms with Gasteiger partial charge in [0, 0.05) is 5.56 Å². The van der Waals surface area contributed by atoms with Crippen LogP contribution in [0.5, 0.6) is 0 Å². The molecule has 0 bridgehead atoms. The Hall–Kier alpha value is -0.890. The lowest BCUT2D eigenvalue weighted by Gasteiger charge is -2.03. The molecule has 1 aromatic rings. The predicted octanol–water partition coefficient (Wildman–Crippen LogP) is 2.86. The highest BCUT2D eigenvalue weighted by Gasteiger charge is 2.09. The van der Waals surface area contributed by atoms with Crippen LogP contribution in [0.3, 0.4) is 0 Å². The van der Waals surface area contributed by atoms with E-state index in [0.717, 1.165) is 0 Å². The molecule has 1 aromatic carbocycles. The standard InChI is InChI=1S/C10H10ClFO/c1-6-3-8(9(13)5-11)4-7(2)10(6)12/h3-4H,5H2,1-2H3. The summed E-state index contributed by atoms with van der Waals surface area (Å²) in [4.78, 5) is 11.2. The normalized spacial score (nSPS) is 10.2. The molecule has 0 unspecified atom stereocenters. The van der Waals surface area contributed by atoms with Gasteiger partial charge in [-0.05, 0) is 37.1 Å². The van der Waals surface area contributed by atoms with E-state index in [2.05, 4.69) is 0 Å². The molecule has 1 rings (SSSR count). The van der Waals surface area contributed by atoms with Crippen LogP contribution >= 0.6 is 11.6 Å². The number of hydrogen-bond acceptors (Lipinski definition) is 1. The Bertz CT molecular complexity index is 324. The van der Waals surface area contributed by atoms with Gasteiger partial charge in [-0.15, -0.1) is 11.6 Å². The first-order chi connectivity index (χ1) is 6.06. The van der Waals surface area contributed by atoms with Crippen molar-refractivity contribution in [2.24, 2.45) is 0 Å². The number of rotatable bonds is 2. The molecule has 0 radical (unpaired) electrons. The van der Waals surface area contributed by atoms with Crippen molar-refractivity contribution in [3.05, 3.63) is 34.6 Å². The van der Waals surface area contributed by atoms with Gasteiger partial charge in [0.15, 0.2) is 5.78 Å². The lowest BCUT2D eigenvalue weighted by Crippen LogP contribution is -2.02. The van der Waals surface area contributed by atoms with Crippen molar-refractivity contribution in [1.29, 1.82) is 0 Å². The van der Waals surface area contributed by atoms with Gasteiger partial charge in [-0.2, -0.15) is 0 Å². The zero-order valence-electron chi connectivity index (χ0n) is 7.53. The number of alkyl halides is 1. The van der Waals surface area contributed by atoms with Gasteiger partial charge < -0.3 is 0 Å². The van der Waals surface area contributed by atoms with Crippen LogP contribution in [0.2, 0.25) is 0 Å². The number of carbonyl (C=O) groups is 1. The first-order valence-electron chi connectivity index (χ1n) is 3.92. The summed E-state index contributed by atoms with van der Waals surface area (Å²) in [5, 5.41) is 0. The van der Waals surface area contributed by atoms with Crippen molar-refractivity contribution in [3.8, 4) is 0 Å². The van der Waals surface area contributed by atoms with E-state index >= 15 is 0 Å². The third kappa shape index (κ3) is 2.07.